The molecule has 0 bridgehead atoms. The van der Waals surface area contributed by atoms with Gasteiger partial charge in [-0.25, -0.2) is 15.0 Å². The third-order valence-corrected chi connectivity index (χ3v) is 5.84. The quantitative estimate of drug-likeness (QED) is 0.488. The van der Waals surface area contributed by atoms with Gasteiger partial charge in [0.25, 0.3) is 5.56 Å². The third-order valence-electron chi connectivity index (χ3n) is 5.60. The van der Waals surface area contributed by atoms with Gasteiger partial charge in [0.05, 0.1) is 23.1 Å². The first-order valence-corrected chi connectivity index (χ1v) is 10.5. The lowest BCUT2D eigenvalue weighted by atomic mass is 10.1. The molecule has 3 heterocycles. The molecule has 1 saturated heterocycles. The summed E-state index contributed by atoms with van der Waals surface area (Å²) in [7, 11) is 0. The van der Waals surface area contributed by atoms with E-state index in [-0.39, 0.29) is 18.0 Å². The van der Waals surface area contributed by atoms with Gasteiger partial charge in [-0.3, -0.25) is 14.5 Å². The molecule has 1 aliphatic rings. The maximum Gasteiger partial charge on any atom is 0.271 e. The van der Waals surface area contributed by atoms with E-state index in [1.165, 1.54) is 6.33 Å². The third kappa shape index (κ3) is 4.00. The molecule has 10 heteroatoms. The number of carbonyl (C=O) groups is 1. The number of carbonyl (C=O) groups excluding carboxylic acids is 1. The van der Waals surface area contributed by atoms with Crippen LogP contribution in [0.4, 0.5) is 5.82 Å². The molecule has 2 aromatic heterocycles. The molecule has 0 saturated carbocycles. The number of nitrogens with zero attached hydrogens (tertiary/aromatic N) is 5. The molecule has 0 unspecified atom stereocenters. The number of nitrogens with one attached hydrogen (secondary N) is 1. The highest BCUT2D eigenvalue weighted by Gasteiger charge is 2.25. The van der Waals surface area contributed by atoms with Gasteiger partial charge in [0.1, 0.15) is 17.8 Å². The molecular formula is C22H20ClN7O2. The minimum absolute atomic E-state index is 0.00110. The molecule has 1 aliphatic heterocycles. The van der Waals surface area contributed by atoms with Gasteiger partial charge in [0.15, 0.2) is 0 Å². The zero-order valence-electron chi connectivity index (χ0n) is 17.1. The topological polar surface area (TPSA) is 121 Å². The van der Waals surface area contributed by atoms with Crippen LogP contribution in [0.5, 0.6) is 0 Å². The Labute approximate surface area is 187 Å². The van der Waals surface area contributed by atoms with Crippen LogP contribution < -0.4 is 11.3 Å². The van der Waals surface area contributed by atoms with Crippen LogP contribution in [-0.2, 0) is 17.9 Å². The molecule has 5 rings (SSSR count). The highest BCUT2D eigenvalue weighted by molar-refractivity contribution is 6.31. The number of nitrogens with two attached hydrogens (primary N) is 1. The van der Waals surface area contributed by atoms with Crippen molar-refractivity contribution in [2.45, 2.75) is 13.1 Å². The number of rotatable bonds is 4. The van der Waals surface area contributed by atoms with E-state index in [2.05, 4.69) is 19.9 Å². The van der Waals surface area contributed by atoms with E-state index in [1.807, 2.05) is 23.1 Å². The first-order valence-electron chi connectivity index (χ1n) is 10.1. The number of hydrogen-bond donors (Lipinski definition) is 2. The minimum atomic E-state index is -0.257. The predicted molar refractivity (Wildman–Crippen MR) is 122 cm³/mol. The summed E-state index contributed by atoms with van der Waals surface area (Å²) in [6.07, 6.45) is 1.43. The van der Waals surface area contributed by atoms with Gasteiger partial charge >= 0.3 is 0 Å². The molecule has 3 N–H and O–H groups in total. The highest BCUT2D eigenvalue weighted by atomic mass is 35.5. The van der Waals surface area contributed by atoms with Gasteiger partial charge in [-0.2, -0.15) is 0 Å². The van der Waals surface area contributed by atoms with Crippen LogP contribution in [0.1, 0.15) is 11.3 Å². The van der Waals surface area contributed by atoms with Crippen molar-refractivity contribution in [1.29, 1.82) is 0 Å². The molecule has 32 heavy (non-hydrogen) atoms. The van der Waals surface area contributed by atoms with Crippen molar-refractivity contribution < 1.29 is 4.79 Å². The van der Waals surface area contributed by atoms with E-state index in [0.29, 0.717) is 53.7 Å². The molecule has 0 spiro atoms. The lowest BCUT2D eigenvalue weighted by Crippen LogP contribution is -2.49. The molecule has 0 aliphatic carbocycles. The van der Waals surface area contributed by atoms with Crippen molar-refractivity contribution in [3.05, 3.63) is 69.4 Å². The van der Waals surface area contributed by atoms with Crippen molar-refractivity contribution in [3.8, 4) is 0 Å². The Bertz CT molecular complexity index is 1400. The van der Waals surface area contributed by atoms with Crippen LogP contribution >= 0.6 is 11.6 Å². The van der Waals surface area contributed by atoms with Gasteiger partial charge in [-0.05, 0) is 35.9 Å². The average Bonchev–Trinajstić information content (AvgIpc) is 2.76. The number of aromatic amines is 1. The fourth-order valence-electron chi connectivity index (χ4n) is 3.91. The van der Waals surface area contributed by atoms with Crippen molar-refractivity contribution in [3.63, 3.8) is 0 Å². The maximum absolute atomic E-state index is 12.8. The fourth-order valence-corrected chi connectivity index (χ4v) is 4.08. The van der Waals surface area contributed by atoms with E-state index in [0.717, 1.165) is 16.5 Å². The summed E-state index contributed by atoms with van der Waals surface area (Å²) in [5.41, 5.74) is 8.97. The summed E-state index contributed by atoms with van der Waals surface area (Å²) in [6, 6.07) is 10.9. The van der Waals surface area contributed by atoms with Gasteiger partial charge in [0.2, 0.25) is 5.91 Å². The Morgan fingerprint density at radius 2 is 1.91 bits per heavy atom. The van der Waals surface area contributed by atoms with Crippen LogP contribution in [0.2, 0.25) is 5.02 Å². The summed E-state index contributed by atoms with van der Waals surface area (Å²) in [4.78, 5) is 44.5. The molecule has 2 aromatic carbocycles. The lowest BCUT2D eigenvalue weighted by Gasteiger charge is -2.34. The number of nitrogen functional groups attached to an aromatic ring is 1. The van der Waals surface area contributed by atoms with Crippen LogP contribution in [0, 0.1) is 0 Å². The SMILES string of the molecule is Nc1ncnc2cc(CN3CCN(Cc4nc5cc(Cl)ccc5[nH]c4=O)CC3=O)ccc12. The molecule has 1 fully saturated rings. The van der Waals surface area contributed by atoms with E-state index in [4.69, 9.17) is 17.3 Å². The standard InChI is InChI=1S/C22H20ClN7O2/c23-14-2-4-16-18(8-14)27-19(22(32)28-16)10-29-5-6-30(20(31)11-29)9-13-1-3-15-17(7-13)25-12-26-21(15)24/h1-4,7-8,12H,5-6,9-11H2,(H,28,32)(H2,24,25,26). The smallest absolute Gasteiger partial charge is 0.271 e. The molecule has 9 nitrogen and oxygen atoms in total. The minimum Gasteiger partial charge on any atom is -0.383 e. The molecule has 162 valence electrons. The van der Waals surface area contributed by atoms with Crippen molar-refractivity contribution in [2.75, 3.05) is 25.4 Å². The summed E-state index contributed by atoms with van der Waals surface area (Å²) >= 11 is 6.04. The number of anilines is 1. The number of aromatic nitrogens is 4. The van der Waals surface area contributed by atoms with E-state index in [1.54, 1.807) is 23.1 Å². The van der Waals surface area contributed by atoms with Crippen LogP contribution in [0.3, 0.4) is 0 Å². The second-order valence-electron chi connectivity index (χ2n) is 7.81. The Kier molecular flexibility index (Phi) is 5.20. The largest absolute Gasteiger partial charge is 0.383 e. The Hall–Kier alpha value is -3.56. The maximum atomic E-state index is 12.8. The second kappa shape index (κ2) is 8.18. The molecule has 0 atom stereocenters. The van der Waals surface area contributed by atoms with Crippen molar-refractivity contribution in [2.24, 2.45) is 0 Å². The average molecular weight is 450 g/mol. The summed E-state index contributed by atoms with van der Waals surface area (Å²) < 4.78 is 0. The van der Waals surface area contributed by atoms with Crippen molar-refractivity contribution >= 4 is 45.3 Å². The van der Waals surface area contributed by atoms with Gasteiger partial charge in [0, 0.05) is 36.6 Å². The van der Waals surface area contributed by atoms with E-state index < -0.39 is 0 Å². The van der Waals surface area contributed by atoms with Gasteiger partial charge < -0.3 is 15.6 Å². The predicted octanol–water partition coefficient (Wildman–Crippen LogP) is 1.95. The Morgan fingerprint density at radius 3 is 2.75 bits per heavy atom. The normalized spacial score (nSPS) is 15.0. The summed E-state index contributed by atoms with van der Waals surface area (Å²) in [5.74, 6) is 0.435. The van der Waals surface area contributed by atoms with Gasteiger partial charge in [-0.1, -0.05) is 17.7 Å². The van der Waals surface area contributed by atoms with Gasteiger partial charge in [-0.15, -0.1) is 0 Å². The second-order valence-corrected chi connectivity index (χ2v) is 8.25. The highest BCUT2D eigenvalue weighted by Crippen LogP contribution is 2.20. The Balaban J connectivity index is 1.28. The fraction of sp³-hybridized carbons (Fsp3) is 0.227. The molecular weight excluding hydrogens is 430 g/mol. The number of H-pyrrole nitrogens is 1. The van der Waals surface area contributed by atoms with E-state index >= 15 is 0 Å². The first-order chi connectivity index (χ1) is 15.5. The van der Waals surface area contributed by atoms with E-state index in [9.17, 15) is 9.59 Å². The molecule has 0 radical (unpaired) electrons. The van der Waals surface area contributed by atoms with Crippen molar-refractivity contribution in [1.82, 2.24) is 29.7 Å². The van der Waals surface area contributed by atoms with Crippen LogP contribution in [0.25, 0.3) is 21.9 Å². The summed E-state index contributed by atoms with van der Waals surface area (Å²) in [6.45, 7) is 2.20. The summed E-state index contributed by atoms with van der Waals surface area (Å²) in [5, 5.41) is 1.34. The number of fused-ring (bicyclic) bond motifs is 2. The number of hydrogen-bond acceptors (Lipinski definition) is 7. The number of piperazine rings is 1. The monoisotopic (exact) mass is 449 g/mol. The van der Waals surface area contributed by atoms with Crippen LogP contribution in [-0.4, -0.2) is 55.3 Å². The zero-order chi connectivity index (χ0) is 22.2. The number of benzene rings is 2. The molecule has 4 aromatic rings. The number of amides is 1. The number of halogens is 1. The first kappa shape index (κ1) is 20.3. The zero-order valence-corrected chi connectivity index (χ0v) is 17.8. The lowest BCUT2D eigenvalue weighted by molar-refractivity contribution is -0.136. The Morgan fingerprint density at radius 1 is 1.03 bits per heavy atom. The molecule has 1 amide bonds. The van der Waals surface area contributed by atoms with Crippen LogP contribution in [0.15, 0.2) is 47.5 Å².